The van der Waals surface area contributed by atoms with Crippen molar-refractivity contribution in [3.8, 4) is 0 Å². The number of anilines is 1. The Morgan fingerprint density at radius 3 is 2.14 bits per heavy atom. The zero-order valence-corrected chi connectivity index (χ0v) is 22.4. The lowest BCUT2D eigenvalue weighted by Gasteiger charge is -2.32. The molecule has 0 aromatic heterocycles. The van der Waals surface area contributed by atoms with Crippen molar-refractivity contribution in [3.63, 3.8) is 0 Å². The fraction of sp³-hybridized carbons (Fsp3) is 0.231. The van der Waals surface area contributed by atoms with Crippen molar-refractivity contribution in [3.05, 3.63) is 94.0 Å². The van der Waals surface area contributed by atoms with Gasteiger partial charge in [-0.25, -0.2) is 8.42 Å². The van der Waals surface area contributed by atoms with E-state index in [0.29, 0.717) is 21.3 Å². The Morgan fingerprint density at radius 1 is 0.944 bits per heavy atom. The number of halogens is 2. The van der Waals surface area contributed by atoms with Crippen LogP contribution in [0.3, 0.4) is 0 Å². The molecular weight excluding hydrogens is 521 g/mol. The normalized spacial score (nSPS) is 12.0. The summed E-state index contributed by atoms with van der Waals surface area (Å²) in [6.07, 6.45) is 0. The van der Waals surface area contributed by atoms with Gasteiger partial charge in [0.05, 0.1) is 10.6 Å². The van der Waals surface area contributed by atoms with Crippen LogP contribution in [-0.2, 0) is 26.2 Å². The summed E-state index contributed by atoms with van der Waals surface area (Å²) in [5.74, 6) is -0.924. The van der Waals surface area contributed by atoms with Crippen molar-refractivity contribution in [2.75, 3.05) is 17.9 Å². The van der Waals surface area contributed by atoms with E-state index in [1.54, 1.807) is 74.5 Å². The number of nitrogens with one attached hydrogen (secondary N) is 1. The largest absolute Gasteiger partial charge is 0.357 e. The molecule has 7 nitrogen and oxygen atoms in total. The van der Waals surface area contributed by atoms with Gasteiger partial charge >= 0.3 is 0 Å². The molecular formula is C26H27Cl2N3O4S. The van der Waals surface area contributed by atoms with Crippen molar-refractivity contribution in [1.82, 2.24) is 10.2 Å². The Hall–Kier alpha value is -3.07. The maximum absolute atomic E-state index is 13.7. The lowest BCUT2D eigenvalue weighted by atomic mass is 10.1. The van der Waals surface area contributed by atoms with Crippen molar-refractivity contribution in [2.45, 2.75) is 31.3 Å². The van der Waals surface area contributed by atoms with E-state index < -0.39 is 28.5 Å². The molecule has 36 heavy (non-hydrogen) atoms. The Morgan fingerprint density at radius 2 is 1.56 bits per heavy atom. The first kappa shape index (κ1) is 27.5. The lowest BCUT2D eigenvalue weighted by molar-refractivity contribution is -0.139. The van der Waals surface area contributed by atoms with Gasteiger partial charge in [-0.05, 0) is 67.4 Å². The molecule has 0 bridgehead atoms. The average molecular weight is 548 g/mol. The smallest absolute Gasteiger partial charge is 0.264 e. The fourth-order valence-corrected chi connectivity index (χ4v) is 5.56. The zero-order chi connectivity index (χ0) is 26.5. The molecule has 190 valence electrons. The summed E-state index contributed by atoms with van der Waals surface area (Å²) in [5.41, 5.74) is 1.64. The monoisotopic (exact) mass is 547 g/mol. The van der Waals surface area contributed by atoms with Crippen molar-refractivity contribution in [1.29, 1.82) is 0 Å². The zero-order valence-electron chi connectivity index (χ0n) is 20.1. The SMILES string of the molecule is CNC(=O)[C@H](C)N(Cc1ccc(Cl)cc1)C(=O)CN(c1ccc(Cl)cc1C)S(=O)(=O)c1ccccc1. The average Bonchev–Trinajstić information content (AvgIpc) is 2.86. The topological polar surface area (TPSA) is 86.8 Å². The maximum Gasteiger partial charge on any atom is 0.264 e. The van der Waals surface area contributed by atoms with E-state index in [9.17, 15) is 18.0 Å². The molecule has 0 fully saturated rings. The number of likely N-dealkylation sites (N-methyl/N-ethyl adjacent to an activating group) is 1. The van der Waals surface area contributed by atoms with E-state index in [2.05, 4.69) is 5.32 Å². The Kier molecular flexibility index (Phi) is 9.00. The second-order valence-corrected chi connectivity index (χ2v) is 10.9. The van der Waals surface area contributed by atoms with Gasteiger partial charge in [-0.1, -0.05) is 53.5 Å². The summed E-state index contributed by atoms with van der Waals surface area (Å²) in [5, 5.41) is 3.53. The number of sulfonamides is 1. The summed E-state index contributed by atoms with van der Waals surface area (Å²) in [7, 11) is -2.64. The number of aryl methyl sites for hydroxylation is 1. The minimum atomic E-state index is -4.12. The van der Waals surface area contributed by atoms with Crippen molar-refractivity contribution in [2.24, 2.45) is 0 Å². The number of nitrogens with zero attached hydrogens (tertiary/aromatic N) is 2. The highest BCUT2D eigenvalue weighted by atomic mass is 35.5. The molecule has 1 N–H and O–H groups in total. The van der Waals surface area contributed by atoms with Gasteiger partial charge in [-0.15, -0.1) is 0 Å². The highest BCUT2D eigenvalue weighted by molar-refractivity contribution is 7.92. The fourth-order valence-electron chi connectivity index (χ4n) is 3.71. The molecule has 3 aromatic rings. The van der Waals surface area contributed by atoms with Crippen LogP contribution in [0.2, 0.25) is 10.0 Å². The predicted octanol–water partition coefficient (Wildman–Crippen LogP) is 4.66. The number of hydrogen-bond donors (Lipinski definition) is 1. The van der Waals surface area contributed by atoms with E-state index in [1.165, 1.54) is 24.1 Å². The van der Waals surface area contributed by atoms with E-state index in [4.69, 9.17) is 23.2 Å². The van der Waals surface area contributed by atoms with Crippen molar-refractivity contribution >= 4 is 50.7 Å². The van der Waals surface area contributed by atoms with Gasteiger partial charge in [-0.2, -0.15) is 0 Å². The summed E-state index contributed by atoms with van der Waals surface area (Å²) in [6, 6.07) is 18.7. The first-order valence-corrected chi connectivity index (χ1v) is 13.3. The maximum atomic E-state index is 13.7. The highest BCUT2D eigenvalue weighted by Gasteiger charge is 2.32. The van der Waals surface area contributed by atoms with Crippen LogP contribution in [0, 0.1) is 6.92 Å². The molecule has 0 aliphatic carbocycles. The molecule has 1 atom stereocenters. The van der Waals surface area contributed by atoms with Gasteiger partial charge in [0.15, 0.2) is 0 Å². The summed E-state index contributed by atoms with van der Waals surface area (Å²) in [4.78, 5) is 27.6. The first-order chi connectivity index (χ1) is 17.0. The molecule has 0 heterocycles. The predicted molar refractivity (Wildman–Crippen MR) is 143 cm³/mol. The second-order valence-electron chi connectivity index (χ2n) is 8.19. The van der Waals surface area contributed by atoms with E-state index >= 15 is 0 Å². The quantitative estimate of drug-likeness (QED) is 0.422. The number of benzene rings is 3. The van der Waals surface area contributed by atoms with Crippen LogP contribution < -0.4 is 9.62 Å². The van der Waals surface area contributed by atoms with E-state index in [0.717, 1.165) is 9.87 Å². The van der Waals surface area contributed by atoms with Gasteiger partial charge in [0.1, 0.15) is 12.6 Å². The van der Waals surface area contributed by atoms with Crippen molar-refractivity contribution < 1.29 is 18.0 Å². The number of hydrogen-bond acceptors (Lipinski definition) is 4. The first-order valence-electron chi connectivity index (χ1n) is 11.1. The van der Waals surface area contributed by atoms with E-state index in [-0.39, 0.29) is 17.3 Å². The molecule has 3 aromatic carbocycles. The molecule has 3 rings (SSSR count). The molecule has 0 radical (unpaired) electrons. The van der Waals surface area contributed by atoms with Crippen LogP contribution in [-0.4, -0.2) is 44.8 Å². The number of rotatable bonds is 9. The van der Waals surface area contributed by atoms with Crippen LogP contribution in [0.5, 0.6) is 0 Å². The lowest BCUT2D eigenvalue weighted by Crippen LogP contribution is -2.50. The van der Waals surface area contributed by atoms with Crippen LogP contribution in [0.25, 0.3) is 0 Å². The van der Waals surface area contributed by atoms with Gasteiger partial charge in [-0.3, -0.25) is 13.9 Å². The third-order valence-electron chi connectivity index (χ3n) is 5.72. The van der Waals surface area contributed by atoms with Crippen LogP contribution in [0.15, 0.2) is 77.7 Å². The third-order valence-corrected chi connectivity index (χ3v) is 7.98. The Balaban J connectivity index is 2.05. The Bertz CT molecular complexity index is 1330. The second kappa shape index (κ2) is 11.8. The highest BCUT2D eigenvalue weighted by Crippen LogP contribution is 2.29. The molecule has 0 aliphatic rings. The standard InChI is InChI=1S/C26H27Cl2N3O4S/c1-18-15-22(28)13-14-24(18)31(36(34,35)23-7-5-4-6-8-23)17-25(32)30(19(2)26(33)29-3)16-20-9-11-21(27)12-10-20/h4-15,19H,16-17H2,1-3H3,(H,29,33)/t19-/m0/s1. The van der Waals surface area contributed by atoms with E-state index in [1.807, 2.05) is 0 Å². The van der Waals surface area contributed by atoms with Crippen LogP contribution in [0.1, 0.15) is 18.1 Å². The number of carbonyl (C=O) groups is 2. The van der Waals surface area contributed by atoms with Crippen LogP contribution >= 0.6 is 23.2 Å². The minimum absolute atomic E-state index is 0.0377. The minimum Gasteiger partial charge on any atom is -0.357 e. The van der Waals surface area contributed by atoms with Gasteiger partial charge in [0, 0.05) is 23.6 Å². The van der Waals surface area contributed by atoms with Gasteiger partial charge in [0.25, 0.3) is 10.0 Å². The molecule has 0 unspecified atom stereocenters. The molecule has 0 spiro atoms. The molecule has 0 saturated heterocycles. The number of carbonyl (C=O) groups excluding carboxylic acids is 2. The Labute approximate surface area is 221 Å². The number of amides is 2. The molecule has 0 saturated carbocycles. The van der Waals surface area contributed by atoms with Gasteiger partial charge in [0.2, 0.25) is 11.8 Å². The summed E-state index contributed by atoms with van der Waals surface area (Å²) in [6.45, 7) is 2.88. The molecule has 2 amide bonds. The van der Waals surface area contributed by atoms with Crippen LogP contribution in [0.4, 0.5) is 5.69 Å². The summed E-state index contributed by atoms with van der Waals surface area (Å²) >= 11 is 12.1. The summed E-state index contributed by atoms with van der Waals surface area (Å²) < 4.78 is 28.5. The van der Waals surface area contributed by atoms with Gasteiger partial charge < -0.3 is 10.2 Å². The molecule has 10 heteroatoms. The third kappa shape index (κ3) is 6.37. The molecule has 0 aliphatic heterocycles.